The van der Waals surface area contributed by atoms with Gasteiger partial charge in [-0.2, -0.15) is 0 Å². The highest BCUT2D eigenvalue weighted by molar-refractivity contribution is 5.69. The minimum atomic E-state index is -0.171. The molecule has 48 heavy (non-hydrogen) atoms. The molecule has 1 rings (SSSR count). The third kappa shape index (κ3) is 25.4. The van der Waals surface area contributed by atoms with E-state index in [1.54, 1.807) is 0 Å². The van der Waals surface area contributed by atoms with Crippen molar-refractivity contribution in [3.05, 3.63) is 36.1 Å². The predicted octanol–water partition coefficient (Wildman–Crippen LogP) is 13.9. The van der Waals surface area contributed by atoms with E-state index in [4.69, 9.17) is 14.2 Å². The summed E-state index contributed by atoms with van der Waals surface area (Å²) < 4.78 is 19.4. The predicted molar refractivity (Wildman–Crippen MR) is 207 cm³/mol. The Bertz CT molecular complexity index is 811. The smallest absolute Gasteiger partial charge is 0.306 e. The summed E-state index contributed by atoms with van der Waals surface area (Å²) >= 11 is 0. The Morgan fingerprint density at radius 2 is 1.21 bits per heavy atom. The van der Waals surface area contributed by atoms with Crippen molar-refractivity contribution in [2.45, 2.75) is 226 Å². The number of carbonyl (C=O) groups is 1. The lowest BCUT2D eigenvalue weighted by Gasteiger charge is -2.29. The first-order chi connectivity index (χ1) is 23.6. The molecule has 0 heterocycles. The van der Waals surface area contributed by atoms with Crippen LogP contribution in [0.4, 0.5) is 0 Å². The average molecular weight is 673 g/mol. The monoisotopic (exact) mass is 673 g/mol. The SMILES string of the molecule is C/C=C(/CCC(OCCCCCCCC)C1CC1)OC(CCC)C(CCCCC)OC(=O)CCCCCCC/C=C\C/C=C\CCCC. The fourth-order valence-electron chi connectivity index (χ4n) is 6.43. The maximum atomic E-state index is 13.0. The van der Waals surface area contributed by atoms with Crippen LogP contribution in [-0.4, -0.2) is 30.9 Å². The number of hydrogen-bond acceptors (Lipinski definition) is 4. The number of ether oxygens (including phenoxy) is 3. The molecule has 3 atom stereocenters. The molecule has 1 aliphatic carbocycles. The van der Waals surface area contributed by atoms with Crippen molar-refractivity contribution in [1.29, 1.82) is 0 Å². The van der Waals surface area contributed by atoms with Crippen molar-refractivity contribution in [2.75, 3.05) is 6.61 Å². The molecule has 0 aromatic carbocycles. The van der Waals surface area contributed by atoms with Gasteiger partial charge in [-0.3, -0.25) is 4.79 Å². The van der Waals surface area contributed by atoms with Gasteiger partial charge in [-0.1, -0.05) is 135 Å². The Morgan fingerprint density at radius 3 is 1.88 bits per heavy atom. The summed E-state index contributed by atoms with van der Waals surface area (Å²) in [6.07, 6.45) is 42.1. The second-order valence-electron chi connectivity index (χ2n) is 14.4. The van der Waals surface area contributed by atoms with Gasteiger partial charge >= 0.3 is 5.97 Å². The maximum absolute atomic E-state index is 13.0. The molecule has 0 aromatic heterocycles. The van der Waals surface area contributed by atoms with Gasteiger partial charge in [-0.25, -0.2) is 0 Å². The van der Waals surface area contributed by atoms with Crippen molar-refractivity contribution in [3.8, 4) is 0 Å². The molecule has 0 aliphatic heterocycles. The number of hydrogen-bond donors (Lipinski definition) is 0. The van der Waals surface area contributed by atoms with Crippen LogP contribution in [0, 0.1) is 5.92 Å². The molecule has 3 unspecified atom stereocenters. The lowest BCUT2D eigenvalue weighted by molar-refractivity contribution is -0.157. The van der Waals surface area contributed by atoms with Crippen LogP contribution in [0.5, 0.6) is 0 Å². The molecule has 4 nitrogen and oxygen atoms in total. The van der Waals surface area contributed by atoms with E-state index in [2.05, 4.69) is 65.0 Å². The van der Waals surface area contributed by atoms with E-state index in [9.17, 15) is 4.79 Å². The van der Waals surface area contributed by atoms with Crippen molar-refractivity contribution in [3.63, 3.8) is 0 Å². The van der Waals surface area contributed by atoms with Gasteiger partial charge in [0, 0.05) is 19.4 Å². The van der Waals surface area contributed by atoms with Crippen molar-refractivity contribution < 1.29 is 19.0 Å². The summed E-state index contributed by atoms with van der Waals surface area (Å²) in [7, 11) is 0. The van der Waals surface area contributed by atoms with E-state index in [-0.39, 0.29) is 18.2 Å². The van der Waals surface area contributed by atoms with Crippen LogP contribution in [0.1, 0.15) is 208 Å². The number of allylic oxidation sites excluding steroid dienone is 6. The molecule has 0 aromatic rings. The lowest BCUT2D eigenvalue weighted by atomic mass is 10.0. The average Bonchev–Trinajstić information content (AvgIpc) is 3.93. The first-order valence-electron chi connectivity index (χ1n) is 21.0. The number of unbranched alkanes of at least 4 members (excludes halogenated alkanes) is 14. The molecule has 4 heteroatoms. The summed E-state index contributed by atoms with van der Waals surface area (Å²) in [5.41, 5.74) is 0. The van der Waals surface area contributed by atoms with Gasteiger partial charge in [0.2, 0.25) is 0 Å². The molecule has 0 spiro atoms. The van der Waals surface area contributed by atoms with Gasteiger partial charge in [-0.05, 0) is 96.0 Å². The molecule has 1 fully saturated rings. The molecule has 0 amide bonds. The highest BCUT2D eigenvalue weighted by atomic mass is 16.6. The van der Waals surface area contributed by atoms with Gasteiger partial charge in [0.25, 0.3) is 0 Å². The lowest BCUT2D eigenvalue weighted by Crippen LogP contribution is -2.34. The first-order valence-corrected chi connectivity index (χ1v) is 21.0. The molecule has 1 saturated carbocycles. The number of rotatable bonds is 35. The molecular weight excluding hydrogens is 592 g/mol. The Hall–Kier alpha value is -1.55. The summed E-state index contributed by atoms with van der Waals surface area (Å²) in [5, 5.41) is 0. The van der Waals surface area contributed by atoms with E-state index in [0.29, 0.717) is 12.5 Å². The summed E-state index contributed by atoms with van der Waals surface area (Å²) in [6, 6.07) is 0. The fraction of sp³-hybridized carbons (Fsp3) is 0.841. The van der Waals surface area contributed by atoms with Crippen LogP contribution >= 0.6 is 0 Å². The van der Waals surface area contributed by atoms with Crippen LogP contribution in [-0.2, 0) is 19.0 Å². The van der Waals surface area contributed by atoms with E-state index in [0.717, 1.165) is 95.3 Å². The van der Waals surface area contributed by atoms with Gasteiger partial charge in [0.15, 0.2) is 0 Å². The largest absolute Gasteiger partial charge is 0.491 e. The molecule has 0 radical (unpaired) electrons. The zero-order valence-corrected chi connectivity index (χ0v) is 32.6. The first kappa shape index (κ1) is 44.5. The van der Waals surface area contributed by atoms with Crippen LogP contribution in [0.3, 0.4) is 0 Å². The van der Waals surface area contributed by atoms with Crippen LogP contribution in [0.25, 0.3) is 0 Å². The Morgan fingerprint density at radius 1 is 0.604 bits per heavy atom. The number of esters is 1. The van der Waals surface area contributed by atoms with Gasteiger partial charge in [0.05, 0.1) is 11.9 Å². The highest BCUT2D eigenvalue weighted by Crippen LogP contribution is 2.37. The molecular formula is C44H80O4. The van der Waals surface area contributed by atoms with Gasteiger partial charge < -0.3 is 14.2 Å². The standard InChI is InChI=1S/C44H80O4/c1-6-11-14-16-18-19-20-21-22-23-24-25-26-29-33-44(45)48-43(32-28-13-8-3)42(31-9-4)47-40(10-5)36-37-41(39-34-35-39)46-38-30-27-17-15-12-7-2/h10,16,18,20-21,39,41-43H,6-9,11-15,17,19,22-38H2,1-5H3/b18-16-,21-20-,40-10-. The zero-order valence-electron chi connectivity index (χ0n) is 32.6. The number of carbonyl (C=O) groups excluding carboxylic acids is 1. The quantitative estimate of drug-likeness (QED) is 0.0291. The van der Waals surface area contributed by atoms with Crippen LogP contribution in [0.2, 0.25) is 0 Å². The van der Waals surface area contributed by atoms with Crippen molar-refractivity contribution in [1.82, 2.24) is 0 Å². The third-order valence-electron chi connectivity index (χ3n) is 9.72. The summed E-state index contributed by atoms with van der Waals surface area (Å²) in [5.74, 6) is 1.72. The van der Waals surface area contributed by atoms with Crippen molar-refractivity contribution in [2.24, 2.45) is 5.92 Å². The molecule has 0 bridgehead atoms. The van der Waals surface area contributed by atoms with E-state index < -0.39 is 0 Å². The Labute approximate surface area is 299 Å². The highest BCUT2D eigenvalue weighted by Gasteiger charge is 2.32. The molecule has 1 aliphatic rings. The Balaban J connectivity index is 2.47. The second-order valence-corrected chi connectivity index (χ2v) is 14.4. The minimum Gasteiger partial charge on any atom is -0.491 e. The maximum Gasteiger partial charge on any atom is 0.306 e. The third-order valence-corrected chi connectivity index (χ3v) is 9.72. The second kappa shape index (κ2) is 32.6. The van der Waals surface area contributed by atoms with E-state index in [1.807, 2.05) is 0 Å². The van der Waals surface area contributed by atoms with Gasteiger partial charge in [0.1, 0.15) is 12.2 Å². The van der Waals surface area contributed by atoms with Crippen molar-refractivity contribution >= 4 is 5.97 Å². The van der Waals surface area contributed by atoms with Crippen LogP contribution in [0.15, 0.2) is 36.1 Å². The topological polar surface area (TPSA) is 44.8 Å². The van der Waals surface area contributed by atoms with E-state index >= 15 is 0 Å². The normalized spacial score (nSPS) is 15.7. The molecule has 0 N–H and O–H groups in total. The zero-order chi connectivity index (χ0) is 34.9. The molecule has 280 valence electrons. The summed E-state index contributed by atoms with van der Waals surface area (Å²) in [6.45, 7) is 11.9. The molecule has 0 saturated heterocycles. The minimum absolute atomic E-state index is 0.0463. The Kier molecular flexibility index (Phi) is 30.2. The van der Waals surface area contributed by atoms with Crippen LogP contribution < -0.4 is 0 Å². The van der Waals surface area contributed by atoms with E-state index in [1.165, 1.54) is 89.9 Å². The fourth-order valence-corrected chi connectivity index (χ4v) is 6.43. The van der Waals surface area contributed by atoms with Gasteiger partial charge in [-0.15, -0.1) is 0 Å². The summed E-state index contributed by atoms with van der Waals surface area (Å²) in [4.78, 5) is 13.0.